The van der Waals surface area contributed by atoms with Gasteiger partial charge in [0.1, 0.15) is 0 Å². The molecule has 0 saturated carbocycles. The molecule has 1 unspecified atom stereocenters. The van der Waals surface area contributed by atoms with Crippen molar-refractivity contribution in [3.05, 3.63) is 65.7 Å². The fraction of sp³-hybridized carbons (Fsp3) is 0.350. The second-order valence-corrected chi connectivity index (χ2v) is 6.12. The molecule has 0 bridgehead atoms. The first-order valence-electron chi connectivity index (χ1n) is 8.38. The number of hydrogen-bond donors (Lipinski definition) is 1. The molecule has 2 aromatic rings. The van der Waals surface area contributed by atoms with E-state index in [2.05, 4.69) is 29.6 Å². The fourth-order valence-corrected chi connectivity index (χ4v) is 3.40. The van der Waals surface area contributed by atoms with Crippen molar-refractivity contribution >= 4 is 11.6 Å². The summed E-state index contributed by atoms with van der Waals surface area (Å²) in [6, 6.07) is 18.9. The molecule has 1 aliphatic carbocycles. The summed E-state index contributed by atoms with van der Waals surface area (Å²) in [5.41, 5.74) is 3.82. The lowest BCUT2D eigenvalue weighted by atomic mass is 9.87. The monoisotopic (exact) mass is 308 g/mol. The second-order valence-electron chi connectivity index (χ2n) is 6.12. The van der Waals surface area contributed by atoms with E-state index in [4.69, 9.17) is 0 Å². The topological polar surface area (TPSA) is 32.3 Å². The Morgan fingerprint density at radius 1 is 1.09 bits per heavy atom. The molecule has 0 aliphatic heterocycles. The van der Waals surface area contributed by atoms with Gasteiger partial charge in [-0.2, -0.15) is 0 Å². The van der Waals surface area contributed by atoms with Crippen molar-refractivity contribution < 1.29 is 4.79 Å². The number of aryl methyl sites for hydroxylation is 1. The van der Waals surface area contributed by atoms with Crippen molar-refractivity contribution in [1.82, 2.24) is 5.32 Å². The van der Waals surface area contributed by atoms with Gasteiger partial charge in [0.05, 0.1) is 0 Å². The summed E-state index contributed by atoms with van der Waals surface area (Å²) in [4.78, 5) is 14.8. The molecule has 3 nitrogen and oxygen atoms in total. The summed E-state index contributed by atoms with van der Waals surface area (Å²) >= 11 is 0. The number of carbonyl (C=O) groups is 1. The molecule has 0 saturated heterocycles. The Hall–Kier alpha value is -2.13. The van der Waals surface area contributed by atoms with Crippen LogP contribution in [0.2, 0.25) is 0 Å². The van der Waals surface area contributed by atoms with Crippen molar-refractivity contribution in [1.29, 1.82) is 0 Å². The van der Waals surface area contributed by atoms with Gasteiger partial charge in [0.2, 0.25) is 5.91 Å². The van der Waals surface area contributed by atoms with Crippen LogP contribution < -0.4 is 10.2 Å². The van der Waals surface area contributed by atoms with Gasteiger partial charge < -0.3 is 10.2 Å². The predicted molar refractivity (Wildman–Crippen MR) is 94.7 cm³/mol. The van der Waals surface area contributed by atoms with Gasteiger partial charge in [-0.05, 0) is 49.6 Å². The number of anilines is 1. The maximum atomic E-state index is 12.8. The highest BCUT2D eigenvalue weighted by Crippen LogP contribution is 2.28. The molecular formula is C20H24N2O. The van der Waals surface area contributed by atoms with Gasteiger partial charge in [-0.25, -0.2) is 0 Å². The van der Waals surface area contributed by atoms with E-state index in [1.807, 2.05) is 42.3 Å². The van der Waals surface area contributed by atoms with E-state index >= 15 is 0 Å². The van der Waals surface area contributed by atoms with E-state index in [9.17, 15) is 4.79 Å². The van der Waals surface area contributed by atoms with Crippen molar-refractivity contribution in [3.8, 4) is 0 Å². The number of carbonyl (C=O) groups excluding carboxylic acids is 1. The number of amides is 1. The predicted octanol–water partition coefficient (Wildman–Crippen LogP) is 3.19. The molecule has 0 fully saturated rings. The van der Waals surface area contributed by atoms with Crippen LogP contribution in [0.15, 0.2) is 54.6 Å². The first kappa shape index (κ1) is 15.8. The number of fused-ring (bicyclic) bond motifs is 1. The average Bonchev–Trinajstić information content (AvgIpc) is 2.61. The van der Waals surface area contributed by atoms with E-state index in [0.717, 1.165) is 24.9 Å². The number of nitrogens with one attached hydrogen (secondary N) is 1. The van der Waals surface area contributed by atoms with E-state index < -0.39 is 0 Å². The highest BCUT2D eigenvalue weighted by molar-refractivity contribution is 5.94. The Labute approximate surface area is 138 Å². The second kappa shape index (κ2) is 7.42. The van der Waals surface area contributed by atoms with Gasteiger partial charge >= 0.3 is 0 Å². The maximum absolute atomic E-state index is 12.8. The third-order valence-electron chi connectivity index (χ3n) is 4.58. The van der Waals surface area contributed by atoms with Crippen LogP contribution in [0, 0.1) is 0 Å². The molecular weight excluding hydrogens is 284 g/mol. The molecule has 1 N–H and O–H groups in total. The lowest BCUT2D eigenvalue weighted by Gasteiger charge is -2.35. The van der Waals surface area contributed by atoms with Gasteiger partial charge in [-0.3, -0.25) is 4.79 Å². The Kier molecular flexibility index (Phi) is 5.09. The summed E-state index contributed by atoms with van der Waals surface area (Å²) < 4.78 is 0. The maximum Gasteiger partial charge on any atom is 0.228 e. The molecule has 0 spiro atoms. The van der Waals surface area contributed by atoms with E-state index in [1.165, 1.54) is 11.1 Å². The number of benzene rings is 2. The zero-order chi connectivity index (χ0) is 16.1. The molecule has 1 atom stereocenters. The molecule has 23 heavy (non-hydrogen) atoms. The third-order valence-corrected chi connectivity index (χ3v) is 4.58. The van der Waals surface area contributed by atoms with Crippen LogP contribution in [0.5, 0.6) is 0 Å². The summed E-state index contributed by atoms with van der Waals surface area (Å²) in [5, 5.41) is 3.08. The number of hydrogen-bond acceptors (Lipinski definition) is 2. The van der Waals surface area contributed by atoms with E-state index in [1.54, 1.807) is 0 Å². The molecule has 0 radical (unpaired) electrons. The molecule has 3 rings (SSSR count). The Balaban J connectivity index is 1.86. The lowest BCUT2D eigenvalue weighted by Crippen LogP contribution is -2.44. The number of rotatable bonds is 5. The largest absolute Gasteiger partial charge is 0.319 e. The van der Waals surface area contributed by atoms with Crippen LogP contribution in [0.25, 0.3) is 0 Å². The first-order chi connectivity index (χ1) is 11.3. The lowest BCUT2D eigenvalue weighted by molar-refractivity contribution is -0.119. The fourth-order valence-electron chi connectivity index (χ4n) is 3.40. The van der Waals surface area contributed by atoms with Crippen LogP contribution in [-0.4, -0.2) is 25.5 Å². The van der Waals surface area contributed by atoms with Gasteiger partial charge in [-0.15, -0.1) is 0 Å². The normalized spacial score (nSPS) is 16.7. The minimum Gasteiger partial charge on any atom is -0.319 e. The zero-order valence-corrected chi connectivity index (χ0v) is 13.7. The van der Waals surface area contributed by atoms with Crippen LogP contribution in [-0.2, 0) is 17.6 Å². The summed E-state index contributed by atoms with van der Waals surface area (Å²) in [5.74, 6) is 0.204. The SMILES string of the molecule is CNCCC(=O)N(c1ccccc1)C1CCc2ccccc2C1. The molecule has 0 aromatic heterocycles. The van der Waals surface area contributed by atoms with Gasteiger partial charge in [-0.1, -0.05) is 42.5 Å². The highest BCUT2D eigenvalue weighted by Gasteiger charge is 2.28. The molecule has 2 aromatic carbocycles. The average molecular weight is 308 g/mol. The molecule has 0 heterocycles. The third kappa shape index (κ3) is 3.62. The quantitative estimate of drug-likeness (QED) is 0.920. The van der Waals surface area contributed by atoms with Crippen LogP contribution >= 0.6 is 0 Å². The van der Waals surface area contributed by atoms with Crippen molar-refractivity contribution in [3.63, 3.8) is 0 Å². The summed E-state index contributed by atoms with van der Waals surface area (Å²) in [6.45, 7) is 0.714. The smallest absolute Gasteiger partial charge is 0.228 e. The summed E-state index contributed by atoms with van der Waals surface area (Å²) in [7, 11) is 1.89. The Morgan fingerprint density at radius 3 is 2.52 bits per heavy atom. The van der Waals surface area contributed by atoms with Crippen molar-refractivity contribution in [2.24, 2.45) is 0 Å². The first-order valence-corrected chi connectivity index (χ1v) is 8.38. The molecule has 120 valence electrons. The minimum atomic E-state index is 0.204. The number of nitrogens with zero attached hydrogens (tertiary/aromatic N) is 1. The molecule has 1 aliphatic rings. The van der Waals surface area contributed by atoms with E-state index in [0.29, 0.717) is 13.0 Å². The van der Waals surface area contributed by atoms with Crippen molar-refractivity contribution in [2.75, 3.05) is 18.5 Å². The van der Waals surface area contributed by atoms with Crippen molar-refractivity contribution in [2.45, 2.75) is 31.7 Å². The van der Waals surface area contributed by atoms with Crippen LogP contribution in [0.1, 0.15) is 24.0 Å². The standard InChI is InChI=1S/C20H24N2O/c1-21-14-13-20(23)22(18-9-3-2-4-10-18)19-12-11-16-7-5-6-8-17(16)15-19/h2-10,19,21H,11-15H2,1H3. The number of para-hydroxylation sites is 1. The molecule has 1 amide bonds. The Bertz CT molecular complexity index is 654. The van der Waals surface area contributed by atoms with Gasteiger partial charge in [0, 0.05) is 24.7 Å². The van der Waals surface area contributed by atoms with Gasteiger partial charge in [0.25, 0.3) is 0 Å². The van der Waals surface area contributed by atoms with E-state index in [-0.39, 0.29) is 11.9 Å². The van der Waals surface area contributed by atoms with Crippen LogP contribution in [0.4, 0.5) is 5.69 Å². The Morgan fingerprint density at radius 2 is 1.78 bits per heavy atom. The zero-order valence-electron chi connectivity index (χ0n) is 13.7. The molecule has 3 heteroatoms. The van der Waals surface area contributed by atoms with Gasteiger partial charge in [0.15, 0.2) is 0 Å². The van der Waals surface area contributed by atoms with Crippen LogP contribution in [0.3, 0.4) is 0 Å². The minimum absolute atomic E-state index is 0.204. The summed E-state index contributed by atoms with van der Waals surface area (Å²) in [6.07, 6.45) is 3.54. The highest BCUT2D eigenvalue weighted by atomic mass is 16.2.